The molecular formula is C22H22ClN3O4. The molecule has 0 saturated heterocycles. The third-order valence-electron chi connectivity index (χ3n) is 4.56. The number of aryl methyl sites for hydroxylation is 1. The number of hydrogen-bond acceptors (Lipinski definition) is 5. The van der Waals surface area contributed by atoms with Crippen LogP contribution in [0.25, 0.3) is 5.69 Å². The van der Waals surface area contributed by atoms with Gasteiger partial charge in [0.05, 0.1) is 30.6 Å². The molecule has 0 fully saturated rings. The Bertz CT molecular complexity index is 1060. The zero-order valence-corrected chi connectivity index (χ0v) is 17.7. The van der Waals surface area contributed by atoms with E-state index in [4.69, 9.17) is 21.1 Å². The van der Waals surface area contributed by atoms with Crippen molar-refractivity contribution in [3.8, 4) is 11.4 Å². The van der Waals surface area contributed by atoms with Gasteiger partial charge in [0.1, 0.15) is 5.75 Å². The Hall–Kier alpha value is -3.32. The molecule has 1 amide bonds. The molecular weight excluding hydrogens is 406 g/mol. The summed E-state index contributed by atoms with van der Waals surface area (Å²) in [7, 11) is 1.49. The number of anilines is 1. The lowest BCUT2D eigenvalue weighted by molar-refractivity contribution is -0.146. The van der Waals surface area contributed by atoms with Gasteiger partial charge in [0.15, 0.2) is 6.61 Å². The minimum atomic E-state index is -0.512. The molecule has 0 aliphatic heterocycles. The van der Waals surface area contributed by atoms with E-state index in [0.29, 0.717) is 16.5 Å². The zero-order chi connectivity index (χ0) is 21.7. The molecule has 0 bridgehead atoms. The van der Waals surface area contributed by atoms with Gasteiger partial charge in [-0.3, -0.25) is 9.59 Å². The first kappa shape index (κ1) is 21.4. The normalized spacial score (nSPS) is 10.5. The first-order valence-corrected chi connectivity index (χ1v) is 9.66. The summed E-state index contributed by atoms with van der Waals surface area (Å²) in [5.74, 6) is -0.544. The summed E-state index contributed by atoms with van der Waals surface area (Å²) in [6.07, 6.45) is 0.0261. The van der Waals surface area contributed by atoms with Crippen molar-refractivity contribution in [3.05, 3.63) is 70.5 Å². The van der Waals surface area contributed by atoms with Crippen molar-refractivity contribution in [2.45, 2.75) is 20.3 Å². The van der Waals surface area contributed by atoms with Crippen molar-refractivity contribution < 1.29 is 19.1 Å². The molecule has 2 aromatic carbocycles. The molecule has 1 aromatic heterocycles. The van der Waals surface area contributed by atoms with Crippen LogP contribution in [-0.2, 0) is 20.7 Å². The lowest BCUT2D eigenvalue weighted by Crippen LogP contribution is -2.22. The van der Waals surface area contributed by atoms with Crippen LogP contribution in [0.1, 0.15) is 17.0 Å². The summed E-state index contributed by atoms with van der Waals surface area (Å²) in [5.41, 5.74) is 3.68. The van der Waals surface area contributed by atoms with Gasteiger partial charge in [-0.25, -0.2) is 4.68 Å². The lowest BCUT2D eigenvalue weighted by Gasteiger charge is -2.11. The second kappa shape index (κ2) is 9.45. The number of ether oxygens (including phenoxy) is 2. The van der Waals surface area contributed by atoms with E-state index >= 15 is 0 Å². The first-order valence-electron chi connectivity index (χ1n) is 9.28. The monoisotopic (exact) mass is 427 g/mol. The van der Waals surface area contributed by atoms with Crippen molar-refractivity contribution in [1.82, 2.24) is 9.78 Å². The van der Waals surface area contributed by atoms with Gasteiger partial charge >= 0.3 is 5.97 Å². The largest absolute Gasteiger partial charge is 0.495 e. The number of rotatable bonds is 7. The number of benzene rings is 2. The van der Waals surface area contributed by atoms with Crippen LogP contribution in [-0.4, -0.2) is 35.4 Å². The first-order chi connectivity index (χ1) is 14.4. The summed E-state index contributed by atoms with van der Waals surface area (Å²) in [5, 5.41) is 7.59. The predicted molar refractivity (Wildman–Crippen MR) is 114 cm³/mol. The fourth-order valence-corrected chi connectivity index (χ4v) is 3.23. The van der Waals surface area contributed by atoms with Crippen LogP contribution < -0.4 is 10.1 Å². The quantitative estimate of drug-likeness (QED) is 0.578. The molecule has 0 aliphatic rings. The summed E-state index contributed by atoms with van der Waals surface area (Å²) < 4.78 is 12.1. The van der Waals surface area contributed by atoms with E-state index in [1.54, 1.807) is 22.9 Å². The van der Waals surface area contributed by atoms with Gasteiger partial charge < -0.3 is 14.8 Å². The van der Waals surface area contributed by atoms with E-state index in [2.05, 4.69) is 10.4 Å². The summed E-state index contributed by atoms with van der Waals surface area (Å²) in [6, 6.07) is 14.5. The van der Waals surface area contributed by atoms with Crippen LogP contribution in [0.2, 0.25) is 5.02 Å². The van der Waals surface area contributed by atoms with E-state index in [-0.39, 0.29) is 6.42 Å². The molecule has 0 atom stereocenters. The SMILES string of the molecule is COc1ccc(Cl)cc1NC(=O)COC(=O)Cc1c(C)nn(-c2ccccc2)c1C. The average molecular weight is 428 g/mol. The third kappa shape index (κ3) is 4.99. The van der Waals surface area contributed by atoms with Crippen LogP contribution in [0.5, 0.6) is 5.75 Å². The molecule has 0 spiro atoms. The van der Waals surface area contributed by atoms with Crippen LogP contribution in [0.15, 0.2) is 48.5 Å². The van der Waals surface area contributed by atoms with E-state index in [0.717, 1.165) is 22.6 Å². The highest BCUT2D eigenvalue weighted by molar-refractivity contribution is 6.31. The second-order valence-electron chi connectivity index (χ2n) is 6.63. The number of nitrogens with zero attached hydrogens (tertiary/aromatic N) is 2. The Morgan fingerprint density at radius 3 is 2.57 bits per heavy atom. The van der Waals surface area contributed by atoms with Gasteiger partial charge in [-0.1, -0.05) is 29.8 Å². The van der Waals surface area contributed by atoms with Gasteiger partial charge in [-0.2, -0.15) is 5.10 Å². The molecule has 30 heavy (non-hydrogen) atoms. The predicted octanol–water partition coefficient (Wildman–Crippen LogP) is 3.88. The topological polar surface area (TPSA) is 82.4 Å². The van der Waals surface area contributed by atoms with Crippen molar-refractivity contribution in [1.29, 1.82) is 0 Å². The van der Waals surface area contributed by atoms with E-state index in [1.165, 1.54) is 7.11 Å². The van der Waals surface area contributed by atoms with Crippen LogP contribution in [0, 0.1) is 13.8 Å². The number of halogens is 1. The Morgan fingerprint density at radius 1 is 1.13 bits per heavy atom. The van der Waals surface area contributed by atoms with Gasteiger partial charge in [0.2, 0.25) is 0 Å². The highest BCUT2D eigenvalue weighted by atomic mass is 35.5. The Morgan fingerprint density at radius 2 is 1.87 bits per heavy atom. The van der Waals surface area contributed by atoms with Crippen molar-refractivity contribution in [2.75, 3.05) is 19.0 Å². The van der Waals surface area contributed by atoms with E-state index in [9.17, 15) is 9.59 Å². The van der Waals surface area contributed by atoms with E-state index in [1.807, 2.05) is 44.2 Å². The number of aromatic nitrogens is 2. The third-order valence-corrected chi connectivity index (χ3v) is 4.80. The standard InChI is InChI=1S/C22H22ClN3O4/c1-14-18(15(2)26(25-14)17-7-5-4-6-8-17)12-22(28)30-13-21(27)24-19-11-16(23)9-10-20(19)29-3/h4-11H,12-13H2,1-3H3,(H,24,27). The summed E-state index contributed by atoms with van der Waals surface area (Å²) in [4.78, 5) is 24.5. The minimum absolute atomic E-state index is 0.0261. The number of esters is 1. The number of amides is 1. The Labute approximate surface area is 179 Å². The minimum Gasteiger partial charge on any atom is -0.495 e. The molecule has 1 heterocycles. The molecule has 0 unspecified atom stereocenters. The number of nitrogens with one attached hydrogen (secondary N) is 1. The number of methoxy groups -OCH3 is 1. The van der Waals surface area contributed by atoms with Gasteiger partial charge in [0, 0.05) is 16.3 Å². The summed E-state index contributed by atoms with van der Waals surface area (Å²) in [6.45, 7) is 3.32. The number of para-hydroxylation sites is 1. The van der Waals surface area contributed by atoms with Crippen LogP contribution >= 0.6 is 11.6 Å². The van der Waals surface area contributed by atoms with Crippen LogP contribution in [0.3, 0.4) is 0 Å². The Balaban J connectivity index is 1.61. The van der Waals surface area contributed by atoms with Gasteiger partial charge in [-0.15, -0.1) is 0 Å². The maximum Gasteiger partial charge on any atom is 0.310 e. The van der Waals surface area contributed by atoms with Crippen molar-refractivity contribution >= 4 is 29.2 Å². The molecule has 0 radical (unpaired) electrons. The lowest BCUT2D eigenvalue weighted by atomic mass is 10.1. The summed E-state index contributed by atoms with van der Waals surface area (Å²) >= 11 is 5.95. The van der Waals surface area contributed by atoms with Crippen molar-refractivity contribution in [3.63, 3.8) is 0 Å². The fraction of sp³-hybridized carbons (Fsp3) is 0.227. The number of hydrogen-bond donors (Lipinski definition) is 1. The highest BCUT2D eigenvalue weighted by Gasteiger charge is 2.18. The molecule has 3 rings (SSSR count). The zero-order valence-electron chi connectivity index (χ0n) is 16.9. The molecule has 7 nitrogen and oxygen atoms in total. The van der Waals surface area contributed by atoms with E-state index < -0.39 is 18.5 Å². The number of carbonyl (C=O) groups is 2. The smallest absolute Gasteiger partial charge is 0.310 e. The maximum absolute atomic E-state index is 12.3. The maximum atomic E-state index is 12.3. The molecule has 3 aromatic rings. The average Bonchev–Trinajstić information content (AvgIpc) is 3.01. The van der Waals surface area contributed by atoms with Gasteiger partial charge in [-0.05, 0) is 44.2 Å². The van der Waals surface area contributed by atoms with Gasteiger partial charge in [0.25, 0.3) is 5.91 Å². The molecule has 1 N–H and O–H groups in total. The van der Waals surface area contributed by atoms with Crippen LogP contribution in [0.4, 0.5) is 5.69 Å². The molecule has 156 valence electrons. The highest BCUT2D eigenvalue weighted by Crippen LogP contribution is 2.27. The Kier molecular flexibility index (Phi) is 6.74. The second-order valence-corrected chi connectivity index (χ2v) is 7.06. The molecule has 8 heteroatoms. The van der Waals surface area contributed by atoms with Crippen molar-refractivity contribution in [2.24, 2.45) is 0 Å². The number of carbonyl (C=O) groups excluding carboxylic acids is 2. The fourth-order valence-electron chi connectivity index (χ4n) is 3.06. The molecule has 0 aliphatic carbocycles. The molecule has 0 saturated carbocycles.